The van der Waals surface area contributed by atoms with E-state index in [0.717, 1.165) is 0 Å². The first-order valence-corrected chi connectivity index (χ1v) is 7.50. The molecule has 0 radical (unpaired) electrons. The summed E-state index contributed by atoms with van der Waals surface area (Å²) in [6, 6.07) is 10.1. The van der Waals surface area contributed by atoms with E-state index in [1.807, 2.05) is 6.07 Å². The molecule has 0 aliphatic rings. The van der Waals surface area contributed by atoms with Gasteiger partial charge in [0, 0.05) is 11.8 Å². The highest BCUT2D eigenvalue weighted by atomic mass is 32.2. The van der Waals surface area contributed by atoms with Crippen molar-refractivity contribution in [1.82, 2.24) is 10.3 Å². The van der Waals surface area contributed by atoms with Gasteiger partial charge in [-0.3, -0.25) is 9.78 Å². The normalized spacial score (nSPS) is 11.0. The summed E-state index contributed by atoms with van der Waals surface area (Å²) in [7, 11) is 0. The van der Waals surface area contributed by atoms with E-state index < -0.39 is 5.97 Å². The summed E-state index contributed by atoms with van der Waals surface area (Å²) in [4.78, 5) is 31.0. The van der Waals surface area contributed by atoms with Crippen molar-refractivity contribution >= 4 is 34.5 Å². The number of hydrogen-bond donors (Lipinski definition) is 2. The fourth-order valence-corrected chi connectivity index (χ4v) is 2.00. The van der Waals surface area contributed by atoms with Crippen molar-refractivity contribution in [3.8, 4) is 0 Å². The molecule has 0 saturated heterocycles. The maximum absolute atomic E-state index is 12.1. The fourth-order valence-electron chi connectivity index (χ4n) is 1.61. The number of amides is 1. The van der Waals surface area contributed by atoms with Crippen LogP contribution < -0.4 is 5.32 Å². The zero-order chi connectivity index (χ0) is 15.9. The lowest BCUT2D eigenvalue weighted by atomic mass is 10.2. The van der Waals surface area contributed by atoms with Gasteiger partial charge in [-0.05, 0) is 24.5 Å². The van der Waals surface area contributed by atoms with Gasteiger partial charge in [-0.15, -0.1) is 0 Å². The van der Waals surface area contributed by atoms with E-state index in [1.165, 1.54) is 30.2 Å². The predicted octanol–water partition coefficient (Wildman–Crippen LogP) is 2.56. The summed E-state index contributed by atoms with van der Waals surface area (Å²) in [5, 5.41) is 12.0. The lowest BCUT2D eigenvalue weighted by molar-refractivity contribution is 0.0696. The average molecular weight is 315 g/mol. The first kappa shape index (κ1) is 15.7. The third-order valence-electron chi connectivity index (χ3n) is 2.65. The Balaban J connectivity index is 2.19. The van der Waals surface area contributed by atoms with Gasteiger partial charge >= 0.3 is 5.97 Å². The molecule has 1 amide bonds. The topological polar surface area (TPSA) is 91.7 Å². The van der Waals surface area contributed by atoms with Crippen molar-refractivity contribution < 1.29 is 14.7 Å². The van der Waals surface area contributed by atoms with Gasteiger partial charge in [-0.1, -0.05) is 30.0 Å². The number of aromatic carboxylic acids is 1. The first-order valence-electron chi connectivity index (χ1n) is 6.27. The zero-order valence-electron chi connectivity index (χ0n) is 11.7. The molecule has 0 saturated carbocycles. The third-order valence-corrected chi connectivity index (χ3v) is 3.23. The first-order chi connectivity index (χ1) is 10.6. The minimum absolute atomic E-state index is 0.0380. The Morgan fingerprint density at radius 3 is 2.55 bits per heavy atom. The van der Waals surface area contributed by atoms with Crippen LogP contribution in [0.3, 0.4) is 0 Å². The van der Waals surface area contributed by atoms with E-state index in [1.54, 1.807) is 30.5 Å². The Kier molecular flexibility index (Phi) is 5.26. The second kappa shape index (κ2) is 7.37. The van der Waals surface area contributed by atoms with E-state index in [0.29, 0.717) is 16.4 Å². The van der Waals surface area contributed by atoms with Crippen LogP contribution in [0.1, 0.15) is 20.7 Å². The summed E-state index contributed by atoms with van der Waals surface area (Å²) in [5.41, 5.74) is 0.912. The highest BCUT2D eigenvalue weighted by Gasteiger charge is 2.09. The van der Waals surface area contributed by atoms with Crippen LogP contribution in [0.2, 0.25) is 0 Å². The molecule has 2 rings (SSSR count). The van der Waals surface area contributed by atoms with Crippen molar-refractivity contribution in [2.45, 2.75) is 0 Å². The van der Waals surface area contributed by atoms with Crippen molar-refractivity contribution in [3.05, 3.63) is 59.9 Å². The molecule has 0 bridgehead atoms. The summed E-state index contributed by atoms with van der Waals surface area (Å²) in [6.45, 7) is 0. The molecule has 22 heavy (non-hydrogen) atoms. The largest absolute Gasteiger partial charge is 0.478 e. The number of amidine groups is 1. The van der Waals surface area contributed by atoms with Crippen molar-refractivity contribution in [2.24, 2.45) is 4.99 Å². The van der Waals surface area contributed by atoms with E-state index in [-0.39, 0.29) is 11.5 Å². The number of carboxylic acids is 1. The van der Waals surface area contributed by atoms with E-state index in [2.05, 4.69) is 15.3 Å². The van der Waals surface area contributed by atoms with Gasteiger partial charge in [0.2, 0.25) is 0 Å². The van der Waals surface area contributed by atoms with Crippen LogP contribution in [-0.2, 0) is 0 Å². The Morgan fingerprint density at radius 1 is 1.18 bits per heavy atom. The van der Waals surface area contributed by atoms with Crippen LogP contribution in [-0.4, -0.2) is 33.4 Å². The number of benzene rings is 1. The molecule has 0 aliphatic heterocycles. The summed E-state index contributed by atoms with van der Waals surface area (Å²) in [6.07, 6.45) is 4.43. The van der Waals surface area contributed by atoms with E-state index in [9.17, 15) is 9.59 Å². The van der Waals surface area contributed by atoms with Crippen LogP contribution in [0.4, 0.5) is 5.69 Å². The minimum Gasteiger partial charge on any atom is -0.478 e. The van der Waals surface area contributed by atoms with Crippen molar-refractivity contribution in [3.63, 3.8) is 0 Å². The lowest BCUT2D eigenvalue weighted by Crippen LogP contribution is -2.28. The number of nitrogens with one attached hydrogen (secondary N) is 1. The van der Waals surface area contributed by atoms with Crippen LogP contribution in [0.15, 0.2) is 53.8 Å². The van der Waals surface area contributed by atoms with Gasteiger partial charge in [0.05, 0.1) is 17.4 Å². The number of carboxylic acid groups (broad SMARTS) is 1. The second-order valence-corrected chi connectivity index (χ2v) is 4.97. The summed E-state index contributed by atoms with van der Waals surface area (Å²) < 4.78 is 0. The maximum atomic E-state index is 12.1. The molecule has 0 unspecified atom stereocenters. The number of thioether (sulfide) groups is 1. The molecular weight excluding hydrogens is 302 g/mol. The molecule has 2 aromatic rings. The van der Waals surface area contributed by atoms with Crippen molar-refractivity contribution in [2.75, 3.05) is 6.26 Å². The van der Waals surface area contributed by atoms with Crippen molar-refractivity contribution in [1.29, 1.82) is 0 Å². The van der Waals surface area contributed by atoms with Gasteiger partial charge in [0.15, 0.2) is 5.17 Å². The lowest BCUT2D eigenvalue weighted by Gasteiger charge is -2.06. The molecule has 7 heteroatoms. The Hall–Kier alpha value is -2.67. The van der Waals surface area contributed by atoms with Gasteiger partial charge in [-0.25, -0.2) is 9.79 Å². The molecular formula is C15H13N3O3S. The monoisotopic (exact) mass is 315 g/mol. The van der Waals surface area contributed by atoms with Crippen LogP contribution in [0.25, 0.3) is 0 Å². The molecule has 1 aromatic heterocycles. The molecule has 0 aliphatic carbocycles. The number of nitrogens with zero attached hydrogens (tertiary/aromatic N) is 2. The highest BCUT2D eigenvalue weighted by molar-refractivity contribution is 8.13. The number of aliphatic imine (C=N–C) groups is 1. The maximum Gasteiger partial charge on any atom is 0.337 e. The van der Waals surface area contributed by atoms with Gasteiger partial charge in [0.25, 0.3) is 5.91 Å². The minimum atomic E-state index is -1.08. The molecule has 112 valence electrons. The summed E-state index contributed by atoms with van der Waals surface area (Å²) >= 11 is 1.24. The molecule has 0 atom stereocenters. The molecule has 1 heterocycles. The number of carbonyl (C=O) groups is 2. The molecule has 2 N–H and O–H groups in total. The van der Waals surface area contributed by atoms with E-state index in [4.69, 9.17) is 5.11 Å². The highest BCUT2D eigenvalue weighted by Crippen LogP contribution is 2.14. The number of carbonyl (C=O) groups excluding carboxylic acids is 1. The zero-order valence-corrected chi connectivity index (χ0v) is 12.5. The molecule has 0 spiro atoms. The SMILES string of the molecule is CS/C(=N\c1cncc(C(=O)O)c1)NC(=O)c1ccccc1. The molecule has 6 nitrogen and oxygen atoms in total. The number of hydrogen-bond acceptors (Lipinski definition) is 5. The smallest absolute Gasteiger partial charge is 0.337 e. The van der Waals surface area contributed by atoms with Gasteiger partial charge < -0.3 is 10.4 Å². The average Bonchev–Trinajstić information content (AvgIpc) is 2.55. The number of rotatable bonds is 3. The van der Waals surface area contributed by atoms with E-state index >= 15 is 0 Å². The predicted molar refractivity (Wildman–Crippen MR) is 85.7 cm³/mol. The fraction of sp³-hybridized carbons (Fsp3) is 0.0667. The Labute approximate surface area is 131 Å². The summed E-state index contributed by atoms with van der Waals surface area (Å²) in [5.74, 6) is -1.36. The standard InChI is InChI=1S/C15H13N3O3S/c1-22-15(18-13(19)10-5-3-2-4-6-10)17-12-7-11(14(20)21)8-16-9-12/h2-9H,1H3,(H,20,21)(H,17,18,19). The molecule has 0 fully saturated rings. The Bertz CT molecular complexity index is 717. The van der Waals surface area contributed by atoms with Gasteiger partial charge in [-0.2, -0.15) is 0 Å². The quantitative estimate of drug-likeness (QED) is 0.671. The molecule has 1 aromatic carbocycles. The van der Waals surface area contributed by atoms with Gasteiger partial charge in [0.1, 0.15) is 0 Å². The second-order valence-electron chi connectivity index (χ2n) is 4.18. The van der Waals surface area contributed by atoms with Crippen LogP contribution >= 0.6 is 11.8 Å². The van der Waals surface area contributed by atoms with Crippen LogP contribution in [0, 0.1) is 0 Å². The van der Waals surface area contributed by atoms with Crippen LogP contribution in [0.5, 0.6) is 0 Å². The number of pyridine rings is 1. The Morgan fingerprint density at radius 2 is 1.91 bits per heavy atom. The number of aromatic nitrogens is 1. The third kappa shape index (κ3) is 4.16.